The summed E-state index contributed by atoms with van der Waals surface area (Å²) in [6.45, 7) is 7.52. The van der Waals surface area contributed by atoms with E-state index >= 15 is 0 Å². The molecule has 1 N–H and O–H groups in total. The maximum absolute atomic E-state index is 5.76. The fraction of sp³-hybridized carbons (Fsp3) is 0.304. The number of nitrogens with one attached hydrogen (secondary N) is 1. The zero-order chi connectivity index (χ0) is 19.7. The molecule has 2 atom stereocenters. The van der Waals surface area contributed by atoms with Gasteiger partial charge in [0.1, 0.15) is 0 Å². The fourth-order valence-corrected chi connectivity index (χ4v) is 4.35. The van der Waals surface area contributed by atoms with Crippen LogP contribution in [0.5, 0.6) is 0 Å². The second-order valence-corrected chi connectivity index (χ2v) is 8.13. The third kappa shape index (κ3) is 3.42. The van der Waals surface area contributed by atoms with E-state index in [1.165, 1.54) is 17.1 Å². The average Bonchev–Trinajstić information content (AvgIpc) is 3.23. The highest BCUT2D eigenvalue weighted by Crippen LogP contribution is 2.40. The van der Waals surface area contributed by atoms with Crippen LogP contribution in [0.1, 0.15) is 43.0 Å². The van der Waals surface area contributed by atoms with Crippen LogP contribution in [0, 0.1) is 12.8 Å². The number of aryl methyl sites for hydroxylation is 1. The van der Waals surface area contributed by atoms with Crippen molar-refractivity contribution in [1.82, 2.24) is 19.8 Å². The first-order chi connectivity index (χ1) is 13.6. The smallest absolute Gasteiger partial charge is 0.170 e. The summed E-state index contributed by atoms with van der Waals surface area (Å²) >= 11 is 5.76. The van der Waals surface area contributed by atoms with Crippen LogP contribution in [0.15, 0.2) is 66.9 Å². The maximum atomic E-state index is 5.76. The van der Waals surface area contributed by atoms with E-state index in [-0.39, 0.29) is 12.1 Å². The molecule has 1 saturated heterocycles. The molecule has 0 radical (unpaired) electrons. The van der Waals surface area contributed by atoms with Gasteiger partial charge in [-0.3, -0.25) is 4.98 Å². The van der Waals surface area contributed by atoms with Gasteiger partial charge in [0.2, 0.25) is 0 Å². The SMILES string of the molecule is Cc1ccc([C@@H]2[C@H](c3ccccn3)NC(=S)N2CC(C)C)n1-c1ccccc1. The minimum absolute atomic E-state index is 0.0178. The van der Waals surface area contributed by atoms with Crippen molar-refractivity contribution >= 4 is 17.3 Å². The molecule has 0 bridgehead atoms. The summed E-state index contributed by atoms with van der Waals surface area (Å²) in [6.07, 6.45) is 1.85. The summed E-state index contributed by atoms with van der Waals surface area (Å²) in [5.74, 6) is 0.506. The fourth-order valence-electron chi connectivity index (χ4n) is 4.04. The van der Waals surface area contributed by atoms with E-state index in [0.717, 1.165) is 17.4 Å². The molecule has 0 unspecified atom stereocenters. The van der Waals surface area contributed by atoms with Gasteiger partial charge in [-0.25, -0.2) is 0 Å². The van der Waals surface area contributed by atoms with Crippen LogP contribution in [0.2, 0.25) is 0 Å². The van der Waals surface area contributed by atoms with Gasteiger partial charge in [0.25, 0.3) is 0 Å². The van der Waals surface area contributed by atoms with E-state index in [4.69, 9.17) is 12.2 Å². The lowest BCUT2D eigenvalue weighted by Crippen LogP contribution is -2.33. The molecule has 0 amide bonds. The van der Waals surface area contributed by atoms with Crippen LogP contribution in [-0.2, 0) is 0 Å². The summed E-state index contributed by atoms with van der Waals surface area (Å²) in [6, 6.07) is 21.1. The largest absolute Gasteiger partial charge is 0.352 e. The third-order valence-electron chi connectivity index (χ3n) is 5.18. The number of thiocarbonyl (C=S) groups is 1. The van der Waals surface area contributed by atoms with E-state index in [2.05, 4.69) is 89.1 Å². The molecule has 4 nitrogen and oxygen atoms in total. The number of pyridine rings is 1. The Morgan fingerprint density at radius 1 is 1.04 bits per heavy atom. The summed E-state index contributed by atoms with van der Waals surface area (Å²) in [4.78, 5) is 6.96. The minimum atomic E-state index is 0.0178. The lowest BCUT2D eigenvalue weighted by Gasteiger charge is -2.30. The number of nitrogens with zero attached hydrogens (tertiary/aromatic N) is 3. The lowest BCUT2D eigenvalue weighted by atomic mass is 10.0. The second-order valence-electron chi connectivity index (χ2n) is 7.74. The predicted octanol–water partition coefficient (Wildman–Crippen LogP) is 4.81. The summed E-state index contributed by atoms with van der Waals surface area (Å²) in [5.41, 5.74) is 4.62. The highest BCUT2D eigenvalue weighted by atomic mass is 32.1. The molecule has 1 aliphatic heterocycles. The van der Waals surface area contributed by atoms with E-state index in [9.17, 15) is 0 Å². The minimum Gasteiger partial charge on any atom is -0.352 e. The number of para-hydroxylation sites is 1. The quantitative estimate of drug-likeness (QED) is 0.634. The monoisotopic (exact) mass is 390 g/mol. The molecular formula is C23H26N4S. The Labute approximate surface area is 172 Å². The van der Waals surface area contributed by atoms with Crippen LogP contribution in [0.25, 0.3) is 5.69 Å². The van der Waals surface area contributed by atoms with Crippen molar-refractivity contribution in [2.24, 2.45) is 5.92 Å². The number of benzene rings is 1. The third-order valence-corrected chi connectivity index (χ3v) is 5.54. The first kappa shape index (κ1) is 18.7. The van der Waals surface area contributed by atoms with Crippen LogP contribution in [-0.4, -0.2) is 26.1 Å². The Balaban J connectivity index is 1.85. The molecule has 28 heavy (non-hydrogen) atoms. The Bertz CT molecular complexity index is 949. The van der Waals surface area contributed by atoms with E-state index < -0.39 is 0 Å². The molecule has 0 aliphatic carbocycles. The van der Waals surface area contributed by atoms with Gasteiger partial charge in [-0.1, -0.05) is 38.1 Å². The summed E-state index contributed by atoms with van der Waals surface area (Å²) < 4.78 is 2.34. The predicted molar refractivity (Wildman–Crippen MR) is 118 cm³/mol. The first-order valence-electron chi connectivity index (χ1n) is 9.78. The number of rotatable bonds is 5. The number of hydrogen-bond acceptors (Lipinski definition) is 2. The van der Waals surface area contributed by atoms with E-state index in [1.54, 1.807) is 0 Å². The molecule has 2 aromatic heterocycles. The van der Waals surface area contributed by atoms with Gasteiger partial charge < -0.3 is 14.8 Å². The standard InChI is InChI=1S/C23H26N4S/c1-16(2)15-26-22(21(25-23(26)28)19-11-7-8-14-24-19)20-13-12-17(3)27(20)18-9-5-4-6-10-18/h4-14,16,21-22H,15H2,1-3H3,(H,25,28)/t21-,22+/m0/s1. The van der Waals surface area contributed by atoms with Gasteiger partial charge in [0, 0.05) is 29.8 Å². The van der Waals surface area contributed by atoms with Gasteiger partial charge >= 0.3 is 0 Å². The Morgan fingerprint density at radius 2 is 1.79 bits per heavy atom. The molecule has 1 aromatic carbocycles. The topological polar surface area (TPSA) is 33.1 Å². The Kier molecular flexibility index (Phi) is 5.18. The zero-order valence-corrected chi connectivity index (χ0v) is 17.4. The van der Waals surface area contributed by atoms with Crippen LogP contribution < -0.4 is 5.32 Å². The van der Waals surface area contributed by atoms with Crippen molar-refractivity contribution in [1.29, 1.82) is 0 Å². The van der Waals surface area contributed by atoms with Crippen molar-refractivity contribution in [3.05, 3.63) is 83.9 Å². The summed E-state index contributed by atoms with van der Waals surface area (Å²) in [5, 5.41) is 4.34. The van der Waals surface area contributed by atoms with Gasteiger partial charge in [-0.2, -0.15) is 0 Å². The van der Waals surface area contributed by atoms with Crippen molar-refractivity contribution < 1.29 is 0 Å². The molecule has 1 aliphatic rings. The number of hydrogen-bond donors (Lipinski definition) is 1. The van der Waals surface area contributed by atoms with Gasteiger partial charge in [0.05, 0.1) is 17.8 Å². The molecule has 4 rings (SSSR count). The van der Waals surface area contributed by atoms with Crippen LogP contribution in [0.3, 0.4) is 0 Å². The molecule has 1 fully saturated rings. The first-order valence-corrected chi connectivity index (χ1v) is 10.2. The van der Waals surface area contributed by atoms with Crippen molar-refractivity contribution in [2.45, 2.75) is 32.9 Å². The van der Waals surface area contributed by atoms with Gasteiger partial charge in [-0.05, 0) is 61.5 Å². The molecule has 5 heteroatoms. The molecule has 0 spiro atoms. The van der Waals surface area contributed by atoms with Gasteiger partial charge in [0.15, 0.2) is 5.11 Å². The Hall–Kier alpha value is -2.66. The average molecular weight is 391 g/mol. The summed E-state index contributed by atoms with van der Waals surface area (Å²) in [7, 11) is 0. The number of aromatic nitrogens is 2. The van der Waals surface area contributed by atoms with Crippen LogP contribution in [0.4, 0.5) is 0 Å². The Morgan fingerprint density at radius 3 is 2.46 bits per heavy atom. The molecular weight excluding hydrogens is 364 g/mol. The van der Waals surface area contributed by atoms with E-state index in [1.807, 2.05) is 18.3 Å². The molecule has 3 heterocycles. The lowest BCUT2D eigenvalue weighted by molar-refractivity contribution is 0.280. The van der Waals surface area contributed by atoms with Crippen molar-refractivity contribution in [2.75, 3.05) is 6.54 Å². The molecule has 3 aromatic rings. The second kappa shape index (κ2) is 7.76. The highest BCUT2D eigenvalue weighted by molar-refractivity contribution is 7.80. The molecule has 144 valence electrons. The van der Waals surface area contributed by atoms with E-state index in [0.29, 0.717) is 5.92 Å². The zero-order valence-electron chi connectivity index (χ0n) is 16.5. The van der Waals surface area contributed by atoms with Crippen molar-refractivity contribution in [3.8, 4) is 5.69 Å². The molecule has 0 saturated carbocycles. The van der Waals surface area contributed by atoms with Crippen LogP contribution >= 0.6 is 12.2 Å². The van der Waals surface area contributed by atoms with Crippen molar-refractivity contribution in [3.63, 3.8) is 0 Å². The van der Waals surface area contributed by atoms with Gasteiger partial charge in [-0.15, -0.1) is 0 Å². The maximum Gasteiger partial charge on any atom is 0.170 e. The highest BCUT2D eigenvalue weighted by Gasteiger charge is 2.41. The normalized spacial score (nSPS) is 19.3.